The van der Waals surface area contributed by atoms with Crippen LogP contribution in [-0.4, -0.2) is 56.2 Å². The second-order valence-electron chi connectivity index (χ2n) is 6.94. The van der Waals surface area contributed by atoms with E-state index in [2.05, 4.69) is 30.8 Å². The lowest BCUT2D eigenvalue weighted by Gasteiger charge is -2.07. The van der Waals surface area contributed by atoms with Gasteiger partial charge in [-0.25, -0.2) is 0 Å². The molecule has 5 aromatic rings. The number of aromatic nitrogens is 6. The summed E-state index contributed by atoms with van der Waals surface area (Å²) in [5.74, 6) is 1.99. The largest absolute Gasteiger partial charge is 0.497 e. The fourth-order valence-corrected chi connectivity index (χ4v) is 3.18. The monoisotopic (exact) mass is 445 g/mol. The number of furan rings is 1. The van der Waals surface area contributed by atoms with Gasteiger partial charge in [-0.15, -0.1) is 15.3 Å². The lowest BCUT2D eigenvalue weighted by Crippen LogP contribution is -2.28. The van der Waals surface area contributed by atoms with E-state index in [4.69, 9.17) is 13.9 Å². The smallest absolute Gasteiger partial charge is 0.271 e. The van der Waals surface area contributed by atoms with Crippen LogP contribution in [-0.2, 0) is 0 Å². The Bertz CT molecular complexity index is 1370. The molecule has 0 aliphatic rings. The van der Waals surface area contributed by atoms with Gasteiger partial charge in [0.15, 0.2) is 22.9 Å². The fraction of sp³-hybridized carbons (Fsp3) is 0.136. The molecule has 0 atom stereocenters. The van der Waals surface area contributed by atoms with Crippen LogP contribution in [0.5, 0.6) is 11.6 Å². The number of aromatic amines is 1. The van der Waals surface area contributed by atoms with E-state index in [1.165, 1.54) is 0 Å². The number of carbonyl (C=O) groups excluding carboxylic acids is 1. The summed E-state index contributed by atoms with van der Waals surface area (Å²) in [6.45, 7) is 0.495. The summed E-state index contributed by atoms with van der Waals surface area (Å²) in [6, 6.07) is 16.1. The zero-order valence-electron chi connectivity index (χ0n) is 17.6. The number of ether oxygens (including phenoxy) is 2. The molecule has 33 heavy (non-hydrogen) atoms. The summed E-state index contributed by atoms with van der Waals surface area (Å²) in [6.07, 6.45) is 1.55. The highest BCUT2D eigenvalue weighted by Gasteiger charge is 2.13. The van der Waals surface area contributed by atoms with Gasteiger partial charge in [0.25, 0.3) is 5.91 Å². The van der Waals surface area contributed by atoms with Gasteiger partial charge in [0.2, 0.25) is 5.88 Å². The van der Waals surface area contributed by atoms with Gasteiger partial charge in [-0.1, -0.05) is 0 Å². The third kappa shape index (κ3) is 4.24. The van der Waals surface area contributed by atoms with Crippen molar-refractivity contribution in [3.63, 3.8) is 0 Å². The maximum absolute atomic E-state index is 12.3. The minimum absolute atomic E-state index is 0.222. The second kappa shape index (κ2) is 8.83. The molecular weight excluding hydrogens is 426 g/mol. The number of benzene rings is 1. The van der Waals surface area contributed by atoms with Crippen molar-refractivity contribution in [2.75, 3.05) is 20.3 Å². The Labute approximate surface area is 187 Å². The molecule has 4 aromatic heterocycles. The highest BCUT2D eigenvalue weighted by atomic mass is 16.5. The van der Waals surface area contributed by atoms with E-state index in [9.17, 15) is 4.79 Å². The van der Waals surface area contributed by atoms with Gasteiger partial charge in [-0.2, -0.15) is 9.61 Å². The number of hydrogen-bond acceptors (Lipinski definition) is 8. The molecule has 1 amide bonds. The van der Waals surface area contributed by atoms with Crippen LogP contribution in [0.2, 0.25) is 0 Å². The molecule has 0 fully saturated rings. The van der Waals surface area contributed by atoms with Gasteiger partial charge in [0.1, 0.15) is 18.1 Å². The molecule has 4 heterocycles. The maximum atomic E-state index is 12.3. The molecule has 0 unspecified atom stereocenters. The third-order valence-corrected chi connectivity index (χ3v) is 4.82. The normalized spacial score (nSPS) is 10.9. The molecule has 0 saturated carbocycles. The molecular formula is C22H19N7O4. The Hall–Kier alpha value is -4.67. The average Bonchev–Trinajstić information content (AvgIpc) is 3.62. The summed E-state index contributed by atoms with van der Waals surface area (Å²) in [7, 11) is 1.61. The van der Waals surface area contributed by atoms with Gasteiger partial charge in [-0.3, -0.25) is 9.89 Å². The number of carbonyl (C=O) groups is 1. The summed E-state index contributed by atoms with van der Waals surface area (Å²) < 4.78 is 17.8. The number of H-pyrrole nitrogens is 1. The van der Waals surface area contributed by atoms with Crippen molar-refractivity contribution in [3.8, 4) is 34.5 Å². The first-order chi connectivity index (χ1) is 16.2. The molecule has 2 N–H and O–H groups in total. The summed E-state index contributed by atoms with van der Waals surface area (Å²) in [5.41, 5.74) is 2.32. The number of hydrogen-bond donors (Lipinski definition) is 2. The van der Waals surface area contributed by atoms with Gasteiger partial charge < -0.3 is 19.2 Å². The predicted octanol–water partition coefficient (Wildman–Crippen LogP) is 2.59. The van der Waals surface area contributed by atoms with Crippen LogP contribution in [0.25, 0.3) is 28.5 Å². The molecule has 5 rings (SSSR count). The molecule has 0 spiro atoms. The van der Waals surface area contributed by atoms with Gasteiger partial charge in [0, 0.05) is 17.7 Å². The second-order valence-corrected chi connectivity index (χ2v) is 6.94. The van der Waals surface area contributed by atoms with Crippen LogP contribution in [0.4, 0.5) is 0 Å². The van der Waals surface area contributed by atoms with E-state index in [0.717, 1.165) is 11.3 Å². The van der Waals surface area contributed by atoms with Crippen LogP contribution in [0, 0.1) is 0 Å². The average molecular weight is 445 g/mol. The standard InChI is InChI=1S/C22H19N7O4/c1-31-15-6-4-14(5-7-15)21-27-26-19-8-9-20(28-29(19)21)33-12-10-23-22(30)17-13-16(24-25-17)18-3-2-11-32-18/h2-9,11,13H,10,12H2,1H3,(H,23,30)(H,24,25). The Balaban J connectivity index is 1.20. The number of rotatable bonds is 8. The zero-order chi connectivity index (χ0) is 22.6. The molecule has 166 valence electrons. The van der Waals surface area contributed by atoms with Gasteiger partial charge >= 0.3 is 0 Å². The first-order valence-corrected chi connectivity index (χ1v) is 10.1. The lowest BCUT2D eigenvalue weighted by atomic mass is 10.2. The first-order valence-electron chi connectivity index (χ1n) is 10.1. The van der Waals surface area contributed by atoms with E-state index in [1.54, 1.807) is 48.2 Å². The number of amides is 1. The number of nitrogens with zero attached hydrogens (tertiary/aromatic N) is 5. The Morgan fingerprint density at radius 3 is 2.82 bits per heavy atom. The number of fused-ring (bicyclic) bond motifs is 1. The quantitative estimate of drug-likeness (QED) is 0.348. The summed E-state index contributed by atoms with van der Waals surface area (Å²) in [4.78, 5) is 12.3. The first kappa shape index (κ1) is 20.2. The van der Waals surface area contributed by atoms with Crippen molar-refractivity contribution in [2.24, 2.45) is 0 Å². The highest BCUT2D eigenvalue weighted by molar-refractivity contribution is 5.93. The van der Waals surface area contributed by atoms with E-state index in [0.29, 0.717) is 28.8 Å². The number of methoxy groups -OCH3 is 1. The van der Waals surface area contributed by atoms with E-state index in [-0.39, 0.29) is 24.8 Å². The summed E-state index contributed by atoms with van der Waals surface area (Å²) >= 11 is 0. The van der Waals surface area contributed by atoms with Crippen molar-refractivity contribution in [1.82, 2.24) is 35.3 Å². The lowest BCUT2D eigenvalue weighted by molar-refractivity contribution is 0.0941. The molecule has 0 radical (unpaired) electrons. The van der Waals surface area contributed by atoms with E-state index < -0.39 is 0 Å². The van der Waals surface area contributed by atoms with Crippen LogP contribution < -0.4 is 14.8 Å². The molecule has 0 aliphatic carbocycles. The van der Waals surface area contributed by atoms with Crippen LogP contribution in [0.3, 0.4) is 0 Å². The molecule has 1 aromatic carbocycles. The SMILES string of the molecule is COc1ccc(-c2nnc3ccc(OCCNC(=O)c4cc(-c5ccco5)[nH]n4)nn23)cc1. The third-order valence-electron chi connectivity index (χ3n) is 4.82. The fourth-order valence-electron chi connectivity index (χ4n) is 3.18. The molecule has 0 saturated heterocycles. The van der Waals surface area contributed by atoms with Gasteiger partial charge in [0.05, 0.1) is 19.9 Å². The van der Waals surface area contributed by atoms with Crippen molar-refractivity contribution in [1.29, 1.82) is 0 Å². The maximum Gasteiger partial charge on any atom is 0.271 e. The summed E-state index contributed by atoms with van der Waals surface area (Å²) in [5, 5.41) is 22.4. The predicted molar refractivity (Wildman–Crippen MR) is 117 cm³/mol. The molecule has 11 nitrogen and oxygen atoms in total. The number of nitrogens with one attached hydrogen (secondary N) is 2. The molecule has 0 aliphatic heterocycles. The Morgan fingerprint density at radius 1 is 1.15 bits per heavy atom. The minimum Gasteiger partial charge on any atom is -0.497 e. The molecule has 0 bridgehead atoms. The minimum atomic E-state index is -0.323. The van der Waals surface area contributed by atoms with Crippen LogP contribution in [0.1, 0.15) is 10.5 Å². The van der Waals surface area contributed by atoms with Crippen molar-refractivity contribution >= 4 is 11.6 Å². The van der Waals surface area contributed by atoms with Crippen LogP contribution in [0.15, 0.2) is 65.3 Å². The molecule has 11 heteroatoms. The van der Waals surface area contributed by atoms with Crippen molar-refractivity contribution in [3.05, 3.63) is 66.6 Å². The van der Waals surface area contributed by atoms with E-state index in [1.807, 2.05) is 24.3 Å². The van der Waals surface area contributed by atoms with Gasteiger partial charge in [-0.05, 0) is 42.5 Å². The Kier molecular flexibility index (Phi) is 5.42. The topological polar surface area (TPSA) is 132 Å². The Morgan fingerprint density at radius 2 is 2.03 bits per heavy atom. The highest BCUT2D eigenvalue weighted by Crippen LogP contribution is 2.22. The van der Waals surface area contributed by atoms with Crippen molar-refractivity contribution in [2.45, 2.75) is 0 Å². The van der Waals surface area contributed by atoms with E-state index >= 15 is 0 Å². The van der Waals surface area contributed by atoms with Crippen molar-refractivity contribution < 1.29 is 18.7 Å². The van der Waals surface area contributed by atoms with Crippen LogP contribution >= 0.6 is 0 Å². The zero-order valence-corrected chi connectivity index (χ0v) is 17.6.